The first-order chi connectivity index (χ1) is 37.1. The molecule has 0 aromatic heterocycles. The van der Waals surface area contributed by atoms with Crippen LogP contribution in [0.2, 0.25) is 0 Å². The van der Waals surface area contributed by atoms with Crippen molar-refractivity contribution in [2.45, 2.75) is 66.5 Å². The molecule has 0 aliphatic carbocycles. The van der Waals surface area contributed by atoms with Gasteiger partial charge in [-0.25, -0.2) is 10.0 Å². The van der Waals surface area contributed by atoms with Crippen molar-refractivity contribution in [3.05, 3.63) is 201 Å². The maximum Gasteiger partial charge on any atom is 0.147 e. The lowest BCUT2D eigenvalue weighted by molar-refractivity contribution is 0.269. The van der Waals surface area contributed by atoms with Gasteiger partial charge in [0.2, 0.25) is 0 Å². The van der Waals surface area contributed by atoms with Gasteiger partial charge in [0.1, 0.15) is 44.1 Å². The van der Waals surface area contributed by atoms with Crippen molar-refractivity contribution in [2.24, 2.45) is 10.2 Å². The molecule has 4 heterocycles. The van der Waals surface area contributed by atoms with Crippen LogP contribution in [-0.2, 0) is 11.1 Å². The van der Waals surface area contributed by atoms with E-state index in [-0.39, 0.29) is 0 Å². The van der Waals surface area contributed by atoms with Crippen LogP contribution in [0, 0.1) is 0 Å². The Kier molecular flexibility index (Phi) is 13.7. The number of anilines is 4. The fourth-order valence-electron chi connectivity index (χ4n) is 12.2. The summed E-state index contributed by atoms with van der Waals surface area (Å²) in [7, 11) is 0. The molecule has 0 atom stereocenters. The molecule has 12 heteroatoms. The molecule has 4 aliphatic rings. The van der Waals surface area contributed by atoms with Gasteiger partial charge >= 0.3 is 0 Å². The monoisotopic (exact) mass is 1040 g/mol. The van der Waals surface area contributed by atoms with Gasteiger partial charge in [-0.2, -0.15) is 10.2 Å². The van der Waals surface area contributed by atoms with Gasteiger partial charge in [0.25, 0.3) is 0 Å². The van der Waals surface area contributed by atoms with E-state index in [1.807, 2.05) is 22.4 Å². The molecule has 11 rings (SSSR count). The van der Waals surface area contributed by atoms with Gasteiger partial charge in [-0.1, -0.05) is 121 Å². The standard InChI is InChI=1S/C64H66N8O2S2/c1-9-67(10-2)45-29-33-53-57(37-45)73-58-38-46(68(11-3)12-4)30-34-54(58)63(53)51-23-19-17-21-49(51)61(75)71(63)65-41-43-25-27-44(28-26-43)42-66-72-62(76)50-22-18-20-24-52(50)64(72)55-35-31-47(69(13-5)14-6)39-59(55)74-60-40-48(32-36-56(60)64)70(15-7)16-8/h17-42H,9-16H2,1-8H3/b65-41+,66-42+. The predicted octanol–water partition coefficient (Wildman–Crippen LogP) is 13.9. The van der Waals surface area contributed by atoms with Crippen molar-refractivity contribution in [3.63, 3.8) is 0 Å². The summed E-state index contributed by atoms with van der Waals surface area (Å²) in [6.45, 7) is 24.5. The summed E-state index contributed by atoms with van der Waals surface area (Å²) in [5.41, 5.74) is 12.5. The van der Waals surface area contributed by atoms with Crippen molar-refractivity contribution in [1.82, 2.24) is 10.0 Å². The van der Waals surface area contributed by atoms with Gasteiger partial charge in [0, 0.05) is 133 Å². The van der Waals surface area contributed by atoms with E-state index in [0.29, 0.717) is 9.98 Å². The number of thiocarbonyl (C=S) groups is 2. The Balaban J connectivity index is 0.987. The van der Waals surface area contributed by atoms with Crippen molar-refractivity contribution < 1.29 is 9.47 Å². The Hall–Kier alpha value is -7.54. The molecule has 0 fully saturated rings. The second-order valence-electron chi connectivity index (χ2n) is 19.5. The molecule has 0 N–H and O–H groups in total. The maximum absolute atomic E-state index is 6.99. The number of ether oxygens (including phenoxy) is 2. The third-order valence-electron chi connectivity index (χ3n) is 16.1. The molecule has 2 spiro atoms. The molecule has 0 saturated carbocycles. The lowest BCUT2D eigenvalue weighted by Gasteiger charge is -2.43. The highest BCUT2D eigenvalue weighted by Crippen LogP contribution is 2.60. The predicted molar refractivity (Wildman–Crippen MR) is 322 cm³/mol. The lowest BCUT2D eigenvalue weighted by atomic mass is 9.75. The smallest absolute Gasteiger partial charge is 0.147 e. The zero-order valence-electron chi connectivity index (χ0n) is 44.9. The van der Waals surface area contributed by atoms with Crippen LogP contribution in [0.4, 0.5) is 22.7 Å². The minimum atomic E-state index is -0.897. The number of hydrazone groups is 2. The quantitative estimate of drug-likeness (QED) is 0.0691. The third-order valence-corrected chi connectivity index (χ3v) is 16.9. The van der Waals surface area contributed by atoms with E-state index in [1.165, 1.54) is 0 Å². The summed E-state index contributed by atoms with van der Waals surface area (Å²) in [6, 6.07) is 51.7. The number of nitrogens with zero attached hydrogens (tertiary/aromatic N) is 8. The molecule has 10 nitrogen and oxygen atoms in total. The fraction of sp³-hybridized carbons (Fsp3) is 0.281. The molecule has 76 heavy (non-hydrogen) atoms. The van der Waals surface area contributed by atoms with Crippen LogP contribution in [0.3, 0.4) is 0 Å². The van der Waals surface area contributed by atoms with Crippen LogP contribution in [0.1, 0.15) is 111 Å². The average Bonchev–Trinajstić information content (AvgIpc) is 3.85. The van der Waals surface area contributed by atoms with Crippen LogP contribution < -0.4 is 29.1 Å². The molecule has 0 bridgehead atoms. The van der Waals surface area contributed by atoms with Gasteiger partial charge in [-0.15, -0.1) is 0 Å². The zero-order valence-corrected chi connectivity index (χ0v) is 46.5. The number of rotatable bonds is 16. The molecule has 7 aromatic rings. The number of benzene rings is 7. The molecule has 4 aliphatic heterocycles. The number of fused-ring (bicyclic) bond motifs is 12. The van der Waals surface area contributed by atoms with E-state index in [4.69, 9.17) is 44.1 Å². The Morgan fingerprint density at radius 2 is 0.658 bits per heavy atom. The van der Waals surface area contributed by atoms with Crippen molar-refractivity contribution in [3.8, 4) is 23.0 Å². The Bertz CT molecular complexity index is 3080. The van der Waals surface area contributed by atoms with Gasteiger partial charge in [0.15, 0.2) is 0 Å². The van der Waals surface area contributed by atoms with Crippen LogP contribution in [0.15, 0.2) is 156 Å². The first-order valence-electron chi connectivity index (χ1n) is 27.1. The Morgan fingerprint density at radius 3 is 0.934 bits per heavy atom. The number of hydrogen-bond acceptors (Lipinski definition) is 10. The Labute approximate surface area is 459 Å². The van der Waals surface area contributed by atoms with Crippen LogP contribution in [-0.4, -0.2) is 84.8 Å². The second-order valence-corrected chi connectivity index (χ2v) is 20.3. The molecule has 0 radical (unpaired) electrons. The Morgan fingerprint density at radius 1 is 0.382 bits per heavy atom. The van der Waals surface area contributed by atoms with Crippen molar-refractivity contribution >= 4 is 69.6 Å². The highest BCUT2D eigenvalue weighted by atomic mass is 32.1. The number of hydrogen-bond donors (Lipinski definition) is 0. The minimum Gasteiger partial charge on any atom is -0.456 e. The van der Waals surface area contributed by atoms with Crippen LogP contribution in [0.5, 0.6) is 23.0 Å². The van der Waals surface area contributed by atoms with Crippen molar-refractivity contribution in [2.75, 3.05) is 72.0 Å². The molecular weight excluding hydrogens is 977 g/mol. The first-order valence-corrected chi connectivity index (χ1v) is 27.9. The maximum atomic E-state index is 6.99. The van der Waals surface area contributed by atoms with E-state index in [0.717, 1.165) is 154 Å². The van der Waals surface area contributed by atoms with Gasteiger partial charge in [-0.3, -0.25) is 0 Å². The molecule has 0 amide bonds. The fourth-order valence-corrected chi connectivity index (χ4v) is 12.9. The van der Waals surface area contributed by atoms with Gasteiger partial charge < -0.3 is 29.1 Å². The van der Waals surface area contributed by atoms with Gasteiger partial charge in [0.05, 0.1) is 12.4 Å². The summed E-state index contributed by atoms with van der Waals surface area (Å²) in [6.07, 6.45) is 3.83. The summed E-state index contributed by atoms with van der Waals surface area (Å²) in [5.74, 6) is 3.17. The molecule has 0 unspecified atom stereocenters. The molecular formula is C64H66N8O2S2. The van der Waals surface area contributed by atoms with E-state index >= 15 is 0 Å². The molecule has 386 valence electrons. The summed E-state index contributed by atoms with van der Waals surface area (Å²) >= 11 is 12.9. The van der Waals surface area contributed by atoms with Crippen LogP contribution >= 0.6 is 24.4 Å². The zero-order chi connectivity index (χ0) is 52.9. The summed E-state index contributed by atoms with van der Waals surface area (Å²) in [4.78, 5) is 10.7. The first kappa shape index (κ1) is 50.6. The average molecular weight is 1040 g/mol. The SMILES string of the molecule is CCN(CC)c1ccc2c(c1)Oc1cc(N(CC)CC)ccc1C21c2ccccc2C(=S)N1/N=C/c1ccc(/C=N/N2C(=S)c3ccccc3C23c2ccc(N(CC)CC)cc2Oc2cc(N(CC)CC)ccc23)cc1. The highest BCUT2D eigenvalue weighted by Gasteiger charge is 2.57. The highest BCUT2D eigenvalue weighted by molar-refractivity contribution is 7.81. The summed E-state index contributed by atoms with van der Waals surface area (Å²) < 4.78 is 14.0. The largest absolute Gasteiger partial charge is 0.456 e. The van der Waals surface area contributed by atoms with Gasteiger partial charge in [-0.05, 0) is 102 Å². The molecule has 0 saturated heterocycles. The topological polar surface area (TPSA) is 62.6 Å². The van der Waals surface area contributed by atoms with E-state index < -0.39 is 11.1 Å². The second kappa shape index (κ2) is 20.5. The summed E-state index contributed by atoms with van der Waals surface area (Å²) in [5, 5.41) is 14.9. The van der Waals surface area contributed by atoms with E-state index in [9.17, 15) is 0 Å². The molecule has 7 aromatic carbocycles. The third kappa shape index (κ3) is 7.85. The van der Waals surface area contributed by atoms with E-state index in [1.54, 1.807) is 0 Å². The lowest BCUT2D eigenvalue weighted by Crippen LogP contribution is -2.44. The van der Waals surface area contributed by atoms with Crippen molar-refractivity contribution in [1.29, 1.82) is 0 Å². The normalized spacial score (nSPS) is 15.1. The minimum absolute atomic E-state index is 0.649. The van der Waals surface area contributed by atoms with E-state index in [2.05, 4.69) is 221 Å². The van der Waals surface area contributed by atoms with Crippen LogP contribution in [0.25, 0.3) is 0 Å².